The van der Waals surface area contributed by atoms with Crippen molar-refractivity contribution in [3.63, 3.8) is 0 Å². The molecule has 0 bridgehead atoms. The van der Waals surface area contributed by atoms with Gasteiger partial charge in [0.2, 0.25) is 5.91 Å². The Balaban J connectivity index is 2.66. The van der Waals surface area contributed by atoms with Crippen LogP contribution in [0.1, 0.15) is 6.42 Å². The summed E-state index contributed by atoms with van der Waals surface area (Å²) in [7, 11) is 0. The van der Waals surface area contributed by atoms with E-state index >= 15 is 0 Å². The van der Waals surface area contributed by atoms with Crippen molar-refractivity contribution in [1.29, 1.82) is 0 Å². The molecule has 0 saturated carbocycles. The van der Waals surface area contributed by atoms with Crippen molar-refractivity contribution < 1.29 is 10.0 Å². The normalized spacial score (nSPS) is 11.2. The summed E-state index contributed by atoms with van der Waals surface area (Å²) in [5, 5.41) is 14.2. The molecule has 86 valence electrons. The van der Waals surface area contributed by atoms with Gasteiger partial charge in [-0.2, -0.15) is 0 Å². The van der Waals surface area contributed by atoms with Crippen LogP contribution in [-0.2, 0) is 4.79 Å². The molecular weight excluding hydrogens is 253 g/mol. The highest BCUT2D eigenvalue weighted by Gasteiger charge is 2.06. The minimum atomic E-state index is -0.409. The van der Waals surface area contributed by atoms with Gasteiger partial charge in [-0.1, -0.05) is 28.4 Å². The van der Waals surface area contributed by atoms with Crippen molar-refractivity contribution in [2.75, 3.05) is 5.32 Å². The van der Waals surface area contributed by atoms with Crippen LogP contribution in [-0.4, -0.2) is 17.0 Å². The van der Waals surface area contributed by atoms with Gasteiger partial charge in [0.25, 0.3) is 0 Å². The average Bonchev–Trinajstić information content (AvgIpc) is 2.23. The maximum absolute atomic E-state index is 11.3. The molecule has 1 aromatic carbocycles. The summed E-state index contributed by atoms with van der Waals surface area (Å²) in [6.07, 6.45) is -0.198. The monoisotopic (exact) mass is 261 g/mol. The first kappa shape index (κ1) is 12.6. The van der Waals surface area contributed by atoms with Crippen molar-refractivity contribution >= 4 is 40.6 Å². The second-order valence-corrected chi connectivity index (χ2v) is 3.76. The first-order valence-corrected chi connectivity index (χ1v) is 5.00. The Hall–Kier alpha value is -1.46. The van der Waals surface area contributed by atoms with Crippen LogP contribution in [0.15, 0.2) is 23.4 Å². The Kier molecular flexibility index (Phi) is 4.39. The van der Waals surface area contributed by atoms with Gasteiger partial charge < -0.3 is 16.3 Å². The van der Waals surface area contributed by atoms with Crippen molar-refractivity contribution in [3.05, 3.63) is 28.2 Å². The van der Waals surface area contributed by atoms with Crippen LogP contribution in [0, 0.1) is 0 Å². The third kappa shape index (κ3) is 3.60. The minimum Gasteiger partial charge on any atom is -0.409 e. The molecule has 1 amide bonds. The SMILES string of the molecule is NC(CC(=O)Nc1ccc(Cl)c(Cl)c1)=NO. The van der Waals surface area contributed by atoms with E-state index < -0.39 is 5.91 Å². The molecule has 4 N–H and O–H groups in total. The van der Waals surface area contributed by atoms with E-state index in [1.807, 2.05) is 0 Å². The van der Waals surface area contributed by atoms with Gasteiger partial charge in [-0.3, -0.25) is 4.79 Å². The Bertz CT molecular complexity index is 435. The Morgan fingerprint density at radius 1 is 1.44 bits per heavy atom. The predicted octanol–water partition coefficient (Wildman–Crippen LogP) is 2.07. The number of rotatable bonds is 3. The van der Waals surface area contributed by atoms with Crippen LogP contribution >= 0.6 is 23.2 Å². The molecule has 1 rings (SSSR count). The van der Waals surface area contributed by atoms with Gasteiger partial charge in [0, 0.05) is 5.69 Å². The Morgan fingerprint density at radius 3 is 2.69 bits per heavy atom. The lowest BCUT2D eigenvalue weighted by atomic mass is 10.3. The zero-order valence-corrected chi connectivity index (χ0v) is 9.59. The Labute approximate surface area is 102 Å². The second kappa shape index (κ2) is 5.58. The van der Waals surface area contributed by atoms with E-state index in [-0.39, 0.29) is 12.3 Å². The third-order valence-corrected chi connectivity index (χ3v) is 2.41. The second-order valence-electron chi connectivity index (χ2n) is 2.95. The van der Waals surface area contributed by atoms with Crippen LogP contribution in [0.25, 0.3) is 0 Å². The number of carbonyl (C=O) groups excluding carboxylic acids is 1. The standard InChI is InChI=1S/C9H9Cl2N3O2/c10-6-2-1-5(3-7(6)11)13-9(15)4-8(12)14-16/h1-3,16H,4H2,(H2,12,14)(H,13,15). The van der Waals surface area contributed by atoms with Gasteiger partial charge in [-0.25, -0.2) is 0 Å². The number of hydrogen-bond donors (Lipinski definition) is 3. The quantitative estimate of drug-likeness (QED) is 0.337. The van der Waals surface area contributed by atoms with Gasteiger partial charge in [0.05, 0.1) is 16.5 Å². The number of hydrogen-bond acceptors (Lipinski definition) is 3. The molecule has 0 aliphatic heterocycles. The number of anilines is 1. The fraction of sp³-hybridized carbons (Fsp3) is 0.111. The molecule has 0 aromatic heterocycles. The molecule has 0 heterocycles. The van der Waals surface area contributed by atoms with E-state index in [2.05, 4.69) is 10.5 Å². The summed E-state index contributed by atoms with van der Waals surface area (Å²) in [6, 6.07) is 4.66. The molecule has 16 heavy (non-hydrogen) atoms. The summed E-state index contributed by atoms with van der Waals surface area (Å²) < 4.78 is 0. The molecule has 7 heteroatoms. The van der Waals surface area contributed by atoms with Crippen LogP contribution in [0.4, 0.5) is 5.69 Å². The lowest BCUT2D eigenvalue weighted by molar-refractivity contribution is -0.115. The van der Waals surface area contributed by atoms with E-state index in [0.29, 0.717) is 15.7 Å². The predicted molar refractivity (Wildman–Crippen MR) is 63.1 cm³/mol. The number of oxime groups is 1. The van der Waals surface area contributed by atoms with E-state index in [0.717, 1.165) is 0 Å². The molecule has 0 aliphatic rings. The molecule has 0 fully saturated rings. The smallest absolute Gasteiger partial charge is 0.232 e. The number of amides is 1. The maximum atomic E-state index is 11.3. The molecule has 1 aromatic rings. The van der Waals surface area contributed by atoms with Crippen LogP contribution in [0.2, 0.25) is 10.0 Å². The van der Waals surface area contributed by atoms with Gasteiger partial charge in [0.1, 0.15) is 5.84 Å². The molecule has 0 saturated heterocycles. The first-order chi connectivity index (χ1) is 7.52. The molecule has 0 atom stereocenters. The topological polar surface area (TPSA) is 87.7 Å². The average molecular weight is 262 g/mol. The van der Waals surface area contributed by atoms with Gasteiger partial charge >= 0.3 is 0 Å². The van der Waals surface area contributed by atoms with Gasteiger partial charge in [-0.05, 0) is 18.2 Å². The summed E-state index contributed by atoms with van der Waals surface area (Å²) in [5.74, 6) is -0.578. The largest absolute Gasteiger partial charge is 0.409 e. The lowest BCUT2D eigenvalue weighted by Gasteiger charge is -2.05. The van der Waals surface area contributed by atoms with Crippen molar-refractivity contribution in [1.82, 2.24) is 0 Å². The number of halogens is 2. The third-order valence-electron chi connectivity index (χ3n) is 1.67. The molecule has 0 spiro atoms. The molecule has 0 unspecified atom stereocenters. The number of nitrogens with two attached hydrogens (primary N) is 1. The van der Waals surface area contributed by atoms with Crippen molar-refractivity contribution in [3.8, 4) is 0 Å². The summed E-state index contributed by atoms with van der Waals surface area (Å²) in [4.78, 5) is 11.3. The highest BCUT2D eigenvalue weighted by molar-refractivity contribution is 6.42. The molecule has 5 nitrogen and oxygen atoms in total. The van der Waals surface area contributed by atoms with E-state index in [4.69, 9.17) is 34.1 Å². The highest BCUT2D eigenvalue weighted by atomic mass is 35.5. The van der Waals surface area contributed by atoms with Crippen LogP contribution < -0.4 is 11.1 Å². The van der Waals surface area contributed by atoms with Gasteiger partial charge in [0.15, 0.2) is 0 Å². The van der Waals surface area contributed by atoms with Gasteiger partial charge in [-0.15, -0.1) is 0 Å². The minimum absolute atomic E-state index is 0.169. The molecule has 0 aliphatic carbocycles. The fourth-order valence-corrected chi connectivity index (χ4v) is 1.28. The molecular formula is C9H9Cl2N3O2. The fourth-order valence-electron chi connectivity index (χ4n) is 0.979. The number of carbonyl (C=O) groups is 1. The highest BCUT2D eigenvalue weighted by Crippen LogP contribution is 2.24. The van der Waals surface area contributed by atoms with Crippen molar-refractivity contribution in [2.45, 2.75) is 6.42 Å². The van der Waals surface area contributed by atoms with Crippen LogP contribution in [0.5, 0.6) is 0 Å². The van der Waals surface area contributed by atoms with E-state index in [9.17, 15) is 4.79 Å². The summed E-state index contributed by atoms with van der Waals surface area (Å²) >= 11 is 11.5. The first-order valence-electron chi connectivity index (χ1n) is 4.24. The maximum Gasteiger partial charge on any atom is 0.232 e. The Morgan fingerprint density at radius 2 is 2.12 bits per heavy atom. The lowest BCUT2D eigenvalue weighted by Crippen LogP contribution is -2.21. The number of benzene rings is 1. The zero-order valence-electron chi connectivity index (χ0n) is 8.08. The number of nitrogens with one attached hydrogen (secondary N) is 1. The summed E-state index contributed by atoms with van der Waals surface area (Å²) in [5.41, 5.74) is 5.66. The molecule has 0 radical (unpaired) electrons. The van der Waals surface area contributed by atoms with E-state index in [1.165, 1.54) is 6.07 Å². The summed E-state index contributed by atoms with van der Waals surface area (Å²) in [6.45, 7) is 0. The number of amidine groups is 1. The van der Waals surface area contributed by atoms with Crippen LogP contribution in [0.3, 0.4) is 0 Å². The zero-order chi connectivity index (χ0) is 12.1. The number of nitrogens with zero attached hydrogens (tertiary/aromatic N) is 1. The van der Waals surface area contributed by atoms with Crippen molar-refractivity contribution in [2.24, 2.45) is 10.9 Å². The van der Waals surface area contributed by atoms with E-state index in [1.54, 1.807) is 12.1 Å².